The maximum absolute atomic E-state index is 11.9. The molecule has 1 aliphatic rings. The number of hydrogen-bond acceptors (Lipinski definition) is 2. The molecule has 0 aromatic heterocycles. The van der Waals surface area contributed by atoms with Crippen LogP contribution < -0.4 is 0 Å². The fourth-order valence-electron chi connectivity index (χ4n) is 1.94. The summed E-state index contributed by atoms with van der Waals surface area (Å²) in [6.07, 6.45) is 4.87. The molecule has 1 aliphatic heterocycles. The molecular formula is C15H18O2. The van der Waals surface area contributed by atoms with Crippen molar-refractivity contribution in [2.75, 3.05) is 6.61 Å². The molecule has 2 rings (SSSR count). The summed E-state index contributed by atoms with van der Waals surface area (Å²) in [5.74, 6) is 0.227. The zero-order valence-corrected chi connectivity index (χ0v) is 10.2. The fourth-order valence-corrected chi connectivity index (χ4v) is 1.94. The molecule has 0 fully saturated rings. The average Bonchev–Trinajstić information content (AvgIpc) is 2.39. The van der Waals surface area contributed by atoms with Gasteiger partial charge in [0.05, 0.1) is 12.9 Å². The lowest BCUT2D eigenvalue weighted by Crippen LogP contribution is -2.09. The van der Waals surface area contributed by atoms with Crippen LogP contribution in [0.15, 0.2) is 36.1 Å². The first-order chi connectivity index (χ1) is 8.25. The highest BCUT2D eigenvalue weighted by Gasteiger charge is 2.12. The number of benzene rings is 1. The predicted molar refractivity (Wildman–Crippen MR) is 67.8 cm³/mol. The Kier molecular flexibility index (Phi) is 3.97. The van der Waals surface area contributed by atoms with Gasteiger partial charge in [0.15, 0.2) is 5.78 Å². The van der Waals surface area contributed by atoms with E-state index < -0.39 is 0 Å². The number of rotatable bonds is 4. The first-order valence-corrected chi connectivity index (χ1v) is 6.15. The van der Waals surface area contributed by atoms with Crippen LogP contribution in [0.4, 0.5) is 0 Å². The Morgan fingerprint density at radius 3 is 2.71 bits per heavy atom. The van der Waals surface area contributed by atoms with Crippen molar-refractivity contribution in [2.45, 2.75) is 32.6 Å². The third-order valence-electron chi connectivity index (χ3n) is 3.05. The molecule has 0 atom stereocenters. The van der Waals surface area contributed by atoms with Gasteiger partial charge in [-0.15, -0.1) is 0 Å². The summed E-state index contributed by atoms with van der Waals surface area (Å²) in [5, 5.41) is 0. The molecule has 1 aromatic rings. The van der Waals surface area contributed by atoms with Crippen LogP contribution in [0.1, 0.15) is 30.4 Å². The second-order valence-electron chi connectivity index (χ2n) is 4.53. The van der Waals surface area contributed by atoms with E-state index in [1.807, 2.05) is 0 Å². The molecule has 1 heterocycles. The van der Waals surface area contributed by atoms with Crippen molar-refractivity contribution in [1.29, 1.82) is 0 Å². The van der Waals surface area contributed by atoms with Crippen LogP contribution in [-0.4, -0.2) is 12.4 Å². The number of carbonyl (C=O) groups is 1. The molecule has 0 amide bonds. The van der Waals surface area contributed by atoms with Crippen LogP contribution >= 0.6 is 0 Å². The zero-order valence-electron chi connectivity index (χ0n) is 10.2. The van der Waals surface area contributed by atoms with Crippen molar-refractivity contribution < 1.29 is 9.53 Å². The van der Waals surface area contributed by atoms with Crippen molar-refractivity contribution in [3.8, 4) is 0 Å². The van der Waals surface area contributed by atoms with E-state index in [1.165, 1.54) is 11.1 Å². The van der Waals surface area contributed by atoms with E-state index in [-0.39, 0.29) is 5.78 Å². The Bertz CT molecular complexity index is 415. The second kappa shape index (κ2) is 5.67. The molecule has 0 radical (unpaired) electrons. The van der Waals surface area contributed by atoms with Crippen LogP contribution in [0.25, 0.3) is 0 Å². The highest BCUT2D eigenvalue weighted by atomic mass is 16.5. The van der Waals surface area contributed by atoms with E-state index in [2.05, 4.69) is 31.2 Å². The molecule has 0 aliphatic carbocycles. The first kappa shape index (κ1) is 11.9. The van der Waals surface area contributed by atoms with Gasteiger partial charge < -0.3 is 4.74 Å². The van der Waals surface area contributed by atoms with E-state index in [9.17, 15) is 4.79 Å². The minimum Gasteiger partial charge on any atom is -0.501 e. The number of carbonyl (C=O) groups excluding carboxylic acids is 1. The average molecular weight is 230 g/mol. The van der Waals surface area contributed by atoms with E-state index in [1.54, 1.807) is 6.26 Å². The van der Waals surface area contributed by atoms with Gasteiger partial charge in [-0.25, -0.2) is 0 Å². The molecule has 0 saturated carbocycles. The van der Waals surface area contributed by atoms with Crippen molar-refractivity contribution in [3.05, 3.63) is 47.2 Å². The standard InChI is InChI=1S/C15H18O2/c1-12-4-6-13(7-5-12)8-9-15(16)14-3-2-10-17-11-14/h4-7,11H,2-3,8-10H2,1H3. The molecule has 0 unspecified atom stereocenters. The topological polar surface area (TPSA) is 26.3 Å². The van der Waals surface area contributed by atoms with Gasteiger partial charge in [-0.1, -0.05) is 29.8 Å². The molecule has 2 heteroatoms. The molecule has 0 bridgehead atoms. The molecule has 17 heavy (non-hydrogen) atoms. The Labute approximate surface area is 102 Å². The fraction of sp³-hybridized carbons (Fsp3) is 0.400. The summed E-state index contributed by atoms with van der Waals surface area (Å²) in [6.45, 7) is 2.81. The quantitative estimate of drug-likeness (QED) is 0.794. The van der Waals surface area contributed by atoms with Gasteiger partial charge >= 0.3 is 0 Å². The summed E-state index contributed by atoms with van der Waals surface area (Å²) in [7, 11) is 0. The SMILES string of the molecule is Cc1ccc(CCC(=O)C2=COCCC2)cc1. The predicted octanol–water partition coefficient (Wildman–Crippen LogP) is 3.19. The van der Waals surface area contributed by atoms with Crippen LogP contribution in [0.2, 0.25) is 0 Å². The largest absolute Gasteiger partial charge is 0.501 e. The van der Waals surface area contributed by atoms with Crippen molar-refractivity contribution in [2.24, 2.45) is 0 Å². The van der Waals surface area contributed by atoms with Gasteiger partial charge in [-0.3, -0.25) is 4.79 Å². The van der Waals surface area contributed by atoms with Crippen molar-refractivity contribution >= 4 is 5.78 Å². The summed E-state index contributed by atoms with van der Waals surface area (Å²) in [6, 6.07) is 8.36. The lowest BCUT2D eigenvalue weighted by Gasteiger charge is -2.12. The van der Waals surface area contributed by atoms with E-state index in [4.69, 9.17) is 4.74 Å². The second-order valence-corrected chi connectivity index (χ2v) is 4.53. The van der Waals surface area contributed by atoms with Gasteiger partial charge in [-0.2, -0.15) is 0 Å². The Morgan fingerprint density at radius 1 is 1.29 bits per heavy atom. The maximum atomic E-state index is 11.9. The molecule has 1 aromatic carbocycles. The van der Waals surface area contributed by atoms with Crippen LogP contribution in [0.5, 0.6) is 0 Å². The molecule has 2 nitrogen and oxygen atoms in total. The maximum Gasteiger partial charge on any atom is 0.162 e. The van der Waals surface area contributed by atoms with E-state index in [0.29, 0.717) is 6.42 Å². The smallest absolute Gasteiger partial charge is 0.162 e. The Morgan fingerprint density at radius 2 is 2.06 bits per heavy atom. The normalized spacial score (nSPS) is 15.0. The van der Waals surface area contributed by atoms with E-state index >= 15 is 0 Å². The molecule has 0 saturated heterocycles. The number of ether oxygens (including phenoxy) is 1. The van der Waals surface area contributed by atoms with Gasteiger partial charge in [0.25, 0.3) is 0 Å². The highest BCUT2D eigenvalue weighted by Crippen LogP contribution is 2.15. The molecule has 90 valence electrons. The monoisotopic (exact) mass is 230 g/mol. The summed E-state index contributed by atoms with van der Waals surface area (Å²) in [5.41, 5.74) is 3.33. The van der Waals surface area contributed by atoms with Gasteiger partial charge in [0.1, 0.15) is 0 Å². The van der Waals surface area contributed by atoms with E-state index in [0.717, 1.165) is 31.4 Å². The van der Waals surface area contributed by atoms with Crippen molar-refractivity contribution in [3.63, 3.8) is 0 Å². The Balaban J connectivity index is 1.87. The van der Waals surface area contributed by atoms with Crippen LogP contribution in [0.3, 0.4) is 0 Å². The first-order valence-electron chi connectivity index (χ1n) is 6.15. The third kappa shape index (κ3) is 3.45. The number of Topliss-reactive ketones (excluding diaryl/α,β-unsaturated/α-hetero) is 1. The number of hydrogen-bond donors (Lipinski definition) is 0. The highest BCUT2D eigenvalue weighted by molar-refractivity contribution is 5.95. The lowest BCUT2D eigenvalue weighted by atomic mass is 9.99. The minimum absolute atomic E-state index is 0.227. The third-order valence-corrected chi connectivity index (χ3v) is 3.05. The number of ketones is 1. The summed E-state index contributed by atoms with van der Waals surface area (Å²) >= 11 is 0. The summed E-state index contributed by atoms with van der Waals surface area (Å²) in [4.78, 5) is 11.9. The molecule has 0 N–H and O–H groups in total. The van der Waals surface area contributed by atoms with Crippen LogP contribution in [-0.2, 0) is 16.0 Å². The number of allylic oxidation sites excluding steroid dienone is 1. The Hall–Kier alpha value is -1.57. The van der Waals surface area contributed by atoms with Crippen LogP contribution in [0, 0.1) is 6.92 Å². The zero-order chi connectivity index (χ0) is 12.1. The molecular weight excluding hydrogens is 212 g/mol. The van der Waals surface area contributed by atoms with Gasteiger partial charge in [0, 0.05) is 12.0 Å². The number of aryl methyl sites for hydroxylation is 2. The summed E-state index contributed by atoms with van der Waals surface area (Å²) < 4.78 is 5.19. The van der Waals surface area contributed by atoms with Crippen molar-refractivity contribution in [1.82, 2.24) is 0 Å². The minimum atomic E-state index is 0.227. The lowest BCUT2D eigenvalue weighted by molar-refractivity contribution is -0.116. The molecule has 0 spiro atoms. The van der Waals surface area contributed by atoms with Gasteiger partial charge in [0.2, 0.25) is 0 Å². The van der Waals surface area contributed by atoms with Gasteiger partial charge in [-0.05, 0) is 31.7 Å².